The van der Waals surface area contributed by atoms with Crippen LogP contribution in [0.3, 0.4) is 0 Å². The van der Waals surface area contributed by atoms with Crippen molar-refractivity contribution in [3.05, 3.63) is 35.8 Å². The lowest BCUT2D eigenvalue weighted by molar-refractivity contribution is 0.101. The number of hydrogen-bond acceptors (Lipinski definition) is 6. The van der Waals surface area contributed by atoms with Crippen molar-refractivity contribution in [2.75, 3.05) is 50.5 Å². The molecule has 2 saturated heterocycles. The maximum absolute atomic E-state index is 12.7. The molecule has 0 aliphatic carbocycles. The molecule has 0 unspecified atom stereocenters. The Morgan fingerprint density at radius 2 is 1.88 bits per heavy atom. The van der Waals surface area contributed by atoms with Gasteiger partial charge in [-0.15, -0.1) is 0 Å². The fraction of sp³-hybridized carbons (Fsp3) is 0.565. The van der Waals surface area contributed by atoms with Gasteiger partial charge in [-0.05, 0) is 36.5 Å². The molecule has 2 aliphatic heterocycles. The summed E-state index contributed by atoms with van der Waals surface area (Å²) in [5.74, 6) is 0.175. The third-order valence-electron chi connectivity index (χ3n) is 6.91. The maximum Gasteiger partial charge on any atom is 0.291 e. The minimum atomic E-state index is -3.41. The van der Waals surface area contributed by atoms with Gasteiger partial charge in [0.1, 0.15) is 0 Å². The van der Waals surface area contributed by atoms with E-state index in [1.54, 1.807) is 14.1 Å². The largest absolute Gasteiger partial charge is 0.493 e. The molecule has 186 valence electrons. The van der Waals surface area contributed by atoms with Gasteiger partial charge in [-0.25, -0.2) is 4.98 Å². The highest BCUT2D eigenvalue weighted by molar-refractivity contribution is 7.86. The number of benzene rings is 1. The monoisotopic (exact) mass is 490 g/mol. The first-order valence-electron chi connectivity index (χ1n) is 11.8. The highest BCUT2D eigenvalue weighted by Crippen LogP contribution is 2.35. The standard InChI is InChI=1S/C23H34N6O4S/c1-4-5-16-8-10-29(11-9-16)20-12-17(18-14-27(2)34(32,33)28(3)15-18)6-7-19(20)25-23(31)22-24-13-21(30)26-22/h6-7,12-13,16,18,30H,4-5,8-11,14-15H2,1-3H3,(H,24,26)(H,25,31). The smallest absolute Gasteiger partial charge is 0.291 e. The molecular formula is C23H34N6O4S. The summed E-state index contributed by atoms with van der Waals surface area (Å²) in [5.41, 5.74) is 2.63. The Balaban J connectivity index is 1.61. The Morgan fingerprint density at radius 1 is 1.21 bits per heavy atom. The molecule has 4 rings (SSSR count). The topological polar surface area (TPSA) is 122 Å². The van der Waals surface area contributed by atoms with Crippen LogP contribution in [0.1, 0.15) is 54.7 Å². The Bertz CT molecular complexity index is 1110. The second-order valence-electron chi connectivity index (χ2n) is 9.33. The Kier molecular flexibility index (Phi) is 7.15. The van der Waals surface area contributed by atoms with E-state index in [4.69, 9.17) is 0 Å². The van der Waals surface area contributed by atoms with Crippen molar-refractivity contribution in [2.45, 2.75) is 38.5 Å². The van der Waals surface area contributed by atoms with Gasteiger partial charge in [-0.1, -0.05) is 25.8 Å². The van der Waals surface area contributed by atoms with Gasteiger partial charge in [0.2, 0.25) is 5.88 Å². The van der Waals surface area contributed by atoms with Crippen LogP contribution in [0.15, 0.2) is 24.4 Å². The predicted octanol–water partition coefficient (Wildman–Crippen LogP) is 2.59. The van der Waals surface area contributed by atoms with Crippen molar-refractivity contribution < 1.29 is 18.3 Å². The molecule has 2 fully saturated rings. The molecule has 2 aliphatic rings. The van der Waals surface area contributed by atoms with Crippen molar-refractivity contribution in [3.63, 3.8) is 0 Å². The first kappa shape index (κ1) is 24.5. The third kappa shape index (κ3) is 5.06. The van der Waals surface area contributed by atoms with Crippen LogP contribution in [0.2, 0.25) is 0 Å². The number of hydrogen-bond donors (Lipinski definition) is 3. The van der Waals surface area contributed by atoms with Crippen molar-refractivity contribution in [3.8, 4) is 5.88 Å². The fourth-order valence-electron chi connectivity index (χ4n) is 4.96. The van der Waals surface area contributed by atoms with Crippen LogP contribution in [0.4, 0.5) is 11.4 Å². The number of anilines is 2. The van der Waals surface area contributed by atoms with E-state index in [2.05, 4.69) is 33.2 Å². The normalized spacial score (nSPS) is 20.5. The molecule has 34 heavy (non-hydrogen) atoms. The van der Waals surface area contributed by atoms with Gasteiger partial charge in [0.25, 0.3) is 16.1 Å². The molecule has 11 heteroatoms. The zero-order valence-electron chi connectivity index (χ0n) is 20.0. The number of rotatable bonds is 6. The number of carbonyl (C=O) groups is 1. The summed E-state index contributed by atoms with van der Waals surface area (Å²) >= 11 is 0. The summed E-state index contributed by atoms with van der Waals surface area (Å²) in [6.45, 7) is 4.83. The predicted molar refractivity (Wildman–Crippen MR) is 131 cm³/mol. The lowest BCUT2D eigenvalue weighted by Crippen LogP contribution is -2.49. The summed E-state index contributed by atoms with van der Waals surface area (Å²) in [5, 5.41) is 12.4. The third-order valence-corrected chi connectivity index (χ3v) is 8.79. The van der Waals surface area contributed by atoms with Crippen LogP contribution in [-0.4, -0.2) is 78.3 Å². The zero-order valence-corrected chi connectivity index (χ0v) is 20.8. The van der Waals surface area contributed by atoms with Crippen molar-refractivity contribution in [1.82, 2.24) is 18.6 Å². The van der Waals surface area contributed by atoms with Crippen LogP contribution >= 0.6 is 0 Å². The van der Waals surface area contributed by atoms with Crippen LogP contribution in [0.5, 0.6) is 5.88 Å². The number of aromatic hydroxyl groups is 1. The molecule has 1 aromatic heterocycles. The van der Waals surface area contributed by atoms with Crippen molar-refractivity contribution in [2.24, 2.45) is 5.92 Å². The minimum absolute atomic E-state index is 0.0154. The quantitative estimate of drug-likeness (QED) is 0.572. The average Bonchev–Trinajstić information content (AvgIpc) is 3.25. The number of carbonyl (C=O) groups excluding carboxylic acids is 1. The molecule has 0 radical (unpaired) electrons. The zero-order chi connectivity index (χ0) is 24.5. The number of amides is 1. The Labute approximate surface area is 201 Å². The summed E-state index contributed by atoms with van der Waals surface area (Å²) in [4.78, 5) is 21.5. The number of nitrogens with zero attached hydrogens (tertiary/aromatic N) is 4. The van der Waals surface area contributed by atoms with Crippen LogP contribution in [-0.2, 0) is 10.2 Å². The average molecular weight is 491 g/mol. The minimum Gasteiger partial charge on any atom is -0.493 e. The number of nitrogens with one attached hydrogen (secondary N) is 2. The second-order valence-corrected chi connectivity index (χ2v) is 11.5. The summed E-state index contributed by atoms with van der Waals surface area (Å²) < 4.78 is 27.5. The number of H-pyrrole nitrogens is 1. The van der Waals surface area contributed by atoms with Gasteiger partial charge >= 0.3 is 0 Å². The van der Waals surface area contributed by atoms with E-state index in [9.17, 15) is 18.3 Å². The molecule has 1 aromatic carbocycles. The van der Waals surface area contributed by atoms with E-state index in [1.165, 1.54) is 27.6 Å². The number of imidazole rings is 1. The highest BCUT2D eigenvalue weighted by atomic mass is 32.2. The van der Waals surface area contributed by atoms with Gasteiger partial charge in [0, 0.05) is 46.2 Å². The van der Waals surface area contributed by atoms with Crippen molar-refractivity contribution >= 4 is 27.5 Å². The van der Waals surface area contributed by atoms with Crippen molar-refractivity contribution in [1.29, 1.82) is 0 Å². The van der Waals surface area contributed by atoms with Gasteiger partial charge in [-0.3, -0.25) is 4.79 Å². The van der Waals surface area contributed by atoms with Crippen LogP contribution in [0.25, 0.3) is 0 Å². The number of aromatic nitrogens is 2. The van der Waals surface area contributed by atoms with Crippen LogP contribution < -0.4 is 10.2 Å². The van der Waals surface area contributed by atoms with E-state index in [0.29, 0.717) is 18.8 Å². The fourth-order valence-corrected chi connectivity index (χ4v) is 6.18. The van der Waals surface area contributed by atoms with E-state index in [-0.39, 0.29) is 17.6 Å². The van der Waals surface area contributed by atoms with Gasteiger partial charge in [0.15, 0.2) is 5.82 Å². The molecule has 2 aromatic rings. The van der Waals surface area contributed by atoms with E-state index >= 15 is 0 Å². The number of piperidine rings is 1. The molecule has 0 saturated carbocycles. The van der Waals surface area contributed by atoms with E-state index in [1.807, 2.05) is 12.1 Å². The molecule has 3 N–H and O–H groups in total. The molecule has 1 amide bonds. The lowest BCUT2D eigenvalue weighted by atomic mass is 9.91. The maximum atomic E-state index is 12.7. The molecule has 10 nitrogen and oxygen atoms in total. The van der Waals surface area contributed by atoms with Gasteiger partial charge in [0.05, 0.1) is 17.6 Å². The van der Waals surface area contributed by atoms with Gasteiger partial charge < -0.3 is 20.3 Å². The molecule has 0 bridgehead atoms. The SMILES string of the molecule is CCCC1CCN(c2cc(C3CN(C)S(=O)(=O)N(C)C3)ccc2NC(=O)c2ncc(O)[nH]2)CC1. The number of likely N-dealkylation sites (N-methyl/N-ethyl adjacent to an activating group) is 2. The summed E-state index contributed by atoms with van der Waals surface area (Å²) in [6, 6.07) is 5.92. The first-order valence-corrected chi connectivity index (χ1v) is 13.2. The first-order chi connectivity index (χ1) is 16.2. The molecule has 0 spiro atoms. The lowest BCUT2D eigenvalue weighted by Gasteiger charge is -2.37. The Morgan fingerprint density at radius 3 is 2.47 bits per heavy atom. The Hall–Kier alpha value is -2.63. The van der Waals surface area contributed by atoms with Gasteiger partial charge in [-0.2, -0.15) is 17.0 Å². The molecule has 3 heterocycles. The molecular weight excluding hydrogens is 456 g/mol. The van der Waals surface area contributed by atoms with E-state index < -0.39 is 16.1 Å². The van der Waals surface area contributed by atoms with Crippen LogP contribution in [0, 0.1) is 5.92 Å². The second kappa shape index (κ2) is 9.93. The number of aromatic amines is 1. The van der Waals surface area contributed by atoms with E-state index in [0.717, 1.165) is 43.1 Å². The summed E-state index contributed by atoms with van der Waals surface area (Å²) in [7, 11) is -0.204. The highest BCUT2D eigenvalue weighted by Gasteiger charge is 2.34. The molecule has 0 atom stereocenters. The summed E-state index contributed by atoms with van der Waals surface area (Å²) in [6.07, 6.45) is 5.81.